The van der Waals surface area contributed by atoms with Crippen LogP contribution in [0.1, 0.15) is 5.56 Å². The average molecular weight is 556 g/mol. The molecule has 5 rings (SSSR count). The predicted octanol–water partition coefficient (Wildman–Crippen LogP) is 7.00. The van der Waals surface area contributed by atoms with E-state index in [2.05, 4.69) is 10.3 Å². The van der Waals surface area contributed by atoms with E-state index in [9.17, 15) is 27.2 Å². The number of nitrogens with zero attached hydrogens (tertiary/aromatic N) is 2. The molecule has 38 heavy (non-hydrogen) atoms. The number of hydrogen-bond acceptors (Lipinski definition) is 5. The minimum absolute atomic E-state index is 0.0106. The van der Waals surface area contributed by atoms with Crippen molar-refractivity contribution < 1.29 is 22.4 Å². The van der Waals surface area contributed by atoms with Crippen LogP contribution < -0.4 is 10.9 Å². The lowest BCUT2D eigenvalue weighted by atomic mass is 10.1. The van der Waals surface area contributed by atoms with E-state index in [1.807, 2.05) is 0 Å². The highest BCUT2D eigenvalue weighted by Gasteiger charge is 2.30. The number of thioether (sulfide) groups is 1. The van der Waals surface area contributed by atoms with Crippen LogP contribution in [0.5, 0.6) is 0 Å². The molecular weight excluding hydrogens is 538 g/mol. The van der Waals surface area contributed by atoms with E-state index in [4.69, 9.17) is 0 Å². The van der Waals surface area contributed by atoms with Crippen molar-refractivity contribution in [2.24, 2.45) is 0 Å². The fourth-order valence-corrected chi connectivity index (χ4v) is 5.62. The van der Waals surface area contributed by atoms with E-state index >= 15 is 0 Å². The molecular formula is C27H17F4N3O2S2. The fourth-order valence-electron chi connectivity index (χ4n) is 3.82. The maximum Gasteiger partial charge on any atom is 0.416 e. The summed E-state index contributed by atoms with van der Waals surface area (Å²) in [6, 6.07) is 18.9. The summed E-state index contributed by atoms with van der Waals surface area (Å²) in [6.45, 7) is 0. The first kappa shape index (κ1) is 25.7. The van der Waals surface area contributed by atoms with E-state index in [1.165, 1.54) is 40.2 Å². The summed E-state index contributed by atoms with van der Waals surface area (Å²) in [7, 11) is 0. The smallest absolute Gasteiger partial charge is 0.325 e. The van der Waals surface area contributed by atoms with E-state index in [-0.39, 0.29) is 22.2 Å². The minimum Gasteiger partial charge on any atom is -0.325 e. The lowest BCUT2D eigenvalue weighted by Crippen LogP contribution is -2.22. The van der Waals surface area contributed by atoms with Gasteiger partial charge >= 0.3 is 6.18 Å². The summed E-state index contributed by atoms with van der Waals surface area (Å²) in [4.78, 5) is 31.5. The third kappa shape index (κ3) is 5.34. The van der Waals surface area contributed by atoms with E-state index in [0.717, 1.165) is 23.9 Å². The number of rotatable bonds is 6. The van der Waals surface area contributed by atoms with Crippen LogP contribution in [0.15, 0.2) is 94.2 Å². The first-order valence-corrected chi connectivity index (χ1v) is 13.0. The van der Waals surface area contributed by atoms with Gasteiger partial charge in [0, 0.05) is 16.6 Å². The van der Waals surface area contributed by atoms with Gasteiger partial charge in [0.15, 0.2) is 5.16 Å². The van der Waals surface area contributed by atoms with Gasteiger partial charge < -0.3 is 5.32 Å². The molecule has 11 heteroatoms. The Morgan fingerprint density at radius 3 is 2.45 bits per heavy atom. The van der Waals surface area contributed by atoms with Crippen molar-refractivity contribution in [3.05, 3.63) is 106 Å². The zero-order valence-electron chi connectivity index (χ0n) is 19.3. The third-order valence-electron chi connectivity index (χ3n) is 5.55. The molecule has 0 aliphatic carbocycles. The van der Waals surface area contributed by atoms with Crippen molar-refractivity contribution in [1.29, 1.82) is 0 Å². The monoisotopic (exact) mass is 555 g/mol. The molecule has 0 saturated carbocycles. The summed E-state index contributed by atoms with van der Waals surface area (Å²) >= 11 is 2.24. The van der Waals surface area contributed by atoms with Crippen LogP contribution in [0, 0.1) is 5.82 Å². The Labute approximate surface area is 221 Å². The zero-order chi connectivity index (χ0) is 26.9. The number of benzene rings is 3. The third-order valence-corrected chi connectivity index (χ3v) is 7.36. The van der Waals surface area contributed by atoms with Crippen LogP contribution in [-0.4, -0.2) is 21.2 Å². The quantitative estimate of drug-likeness (QED) is 0.139. The number of thiophene rings is 1. The molecule has 0 aliphatic heterocycles. The van der Waals surface area contributed by atoms with Crippen molar-refractivity contribution in [1.82, 2.24) is 9.55 Å². The van der Waals surface area contributed by atoms with Gasteiger partial charge in [-0.15, -0.1) is 11.3 Å². The van der Waals surface area contributed by atoms with Gasteiger partial charge in [0.1, 0.15) is 10.6 Å². The maximum absolute atomic E-state index is 13.8. The molecule has 2 heterocycles. The van der Waals surface area contributed by atoms with Crippen LogP contribution in [0.2, 0.25) is 0 Å². The Hall–Kier alpha value is -3.96. The summed E-state index contributed by atoms with van der Waals surface area (Å²) in [5, 5.41) is 4.85. The van der Waals surface area contributed by atoms with Gasteiger partial charge in [0.05, 0.1) is 22.4 Å². The molecule has 0 saturated heterocycles. The summed E-state index contributed by atoms with van der Waals surface area (Å²) < 4.78 is 53.9. The van der Waals surface area contributed by atoms with Crippen molar-refractivity contribution in [3.63, 3.8) is 0 Å². The normalized spacial score (nSPS) is 11.6. The minimum atomic E-state index is -4.53. The summed E-state index contributed by atoms with van der Waals surface area (Å²) in [6.07, 6.45) is -4.53. The van der Waals surface area contributed by atoms with Crippen LogP contribution in [-0.2, 0) is 11.0 Å². The molecule has 3 aromatic carbocycles. The van der Waals surface area contributed by atoms with Crippen LogP contribution >= 0.6 is 23.1 Å². The number of carbonyl (C=O) groups excluding carboxylic acids is 1. The van der Waals surface area contributed by atoms with Gasteiger partial charge in [0.2, 0.25) is 5.91 Å². The van der Waals surface area contributed by atoms with Gasteiger partial charge in [-0.05, 0) is 48.0 Å². The first-order chi connectivity index (χ1) is 18.2. The lowest BCUT2D eigenvalue weighted by molar-refractivity contribution is -0.137. The Bertz CT molecular complexity index is 1680. The molecule has 5 nitrogen and oxygen atoms in total. The number of anilines is 1. The number of nitrogens with one attached hydrogen (secondary N) is 1. The molecule has 2 aromatic heterocycles. The number of para-hydroxylation sites is 1. The first-order valence-electron chi connectivity index (χ1n) is 11.2. The number of carbonyl (C=O) groups is 1. The molecule has 0 bridgehead atoms. The van der Waals surface area contributed by atoms with E-state index in [0.29, 0.717) is 27.0 Å². The van der Waals surface area contributed by atoms with E-state index < -0.39 is 23.5 Å². The zero-order valence-corrected chi connectivity index (χ0v) is 21.0. The number of alkyl halides is 3. The highest BCUT2D eigenvalue weighted by molar-refractivity contribution is 7.99. The molecule has 0 radical (unpaired) electrons. The van der Waals surface area contributed by atoms with Gasteiger partial charge in [-0.1, -0.05) is 48.2 Å². The SMILES string of the molecule is O=C(CSc1nc2scc(-c3ccc(F)cc3)c2c(=O)n1-c1ccccc1)Nc1cccc(C(F)(F)F)c1. The Balaban J connectivity index is 1.48. The highest BCUT2D eigenvalue weighted by Crippen LogP contribution is 2.33. The molecule has 0 fully saturated rings. The number of halogens is 4. The van der Waals surface area contributed by atoms with E-state index in [1.54, 1.807) is 47.8 Å². The molecule has 0 aliphatic rings. The summed E-state index contributed by atoms with van der Waals surface area (Å²) in [5.41, 5.74) is 0.591. The van der Waals surface area contributed by atoms with Gasteiger partial charge in [-0.2, -0.15) is 13.2 Å². The second kappa shape index (κ2) is 10.4. The van der Waals surface area contributed by atoms with Crippen LogP contribution in [0.25, 0.3) is 27.0 Å². The van der Waals surface area contributed by atoms with Gasteiger partial charge in [-0.3, -0.25) is 14.2 Å². The van der Waals surface area contributed by atoms with Crippen LogP contribution in [0.3, 0.4) is 0 Å². The fraction of sp³-hybridized carbons (Fsp3) is 0.0741. The summed E-state index contributed by atoms with van der Waals surface area (Å²) in [5.74, 6) is -1.14. The molecule has 0 unspecified atom stereocenters. The molecule has 0 atom stereocenters. The lowest BCUT2D eigenvalue weighted by Gasteiger charge is -2.13. The molecule has 192 valence electrons. The van der Waals surface area contributed by atoms with Gasteiger partial charge in [-0.25, -0.2) is 9.37 Å². The number of hydrogen-bond donors (Lipinski definition) is 1. The largest absolute Gasteiger partial charge is 0.416 e. The number of amides is 1. The van der Waals surface area contributed by atoms with Crippen LogP contribution in [0.4, 0.5) is 23.2 Å². The predicted molar refractivity (Wildman–Crippen MR) is 141 cm³/mol. The second-order valence-electron chi connectivity index (χ2n) is 8.12. The second-order valence-corrected chi connectivity index (χ2v) is 9.92. The van der Waals surface area contributed by atoms with Crippen molar-refractivity contribution in [2.75, 3.05) is 11.1 Å². The molecule has 1 amide bonds. The maximum atomic E-state index is 13.8. The topological polar surface area (TPSA) is 64.0 Å². The van der Waals surface area contributed by atoms with Gasteiger partial charge in [0.25, 0.3) is 5.56 Å². The van der Waals surface area contributed by atoms with Crippen molar-refractivity contribution in [2.45, 2.75) is 11.3 Å². The Kier molecular flexibility index (Phi) is 7.04. The average Bonchev–Trinajstić information content (AvgIpc) is 3.32. The van der Waals surface area contributed by atoms with Crippen molar-refractivity contribution in [3.8, 4) is 16.8 Å². The molecule has 5 aromatic rings. The molecule has 1 N–H and O–H groups in total. The Morgan fingerprint density at radius 2 is 1.74 bits per heavy atom. The Morgan fingerprint density at radius 1 is 1.00 bits per heavy atom. The number of aromatic nitrogens is 2. The standard InChI is InChI=1S/C27H17F4N3O2S2/c28-18-11-9-16(10-12-18)21-14-37-24-23(21)25(36)34(20-7-2-1-3-8-20)26(33-24)38-15-22(35)32-19-6-4-5-17(13-19)27(29,30)31/h1-14H,15H2,(H,32,35). The molecule has 0 spiro atoms. The van der Waals surface area contributed by atoms with Crippen molar-refractivity contribution >= 4 is 44.9 Å². The number of fused-ring (bicyclic) bond motifs is 1. The highest BCUT2D eigenvalue weighted by atomic mass is 32.2.